The zero-order chi connectivity index (χ0) is 13.9. The number of hydrogen-bond donors (Lipinski definition) is 1. The summed E-state index contributed by atoms with van der Waals surface area (Å²) in [6.45, 7) is 9.44. The SMILES string of the molecule is Cc1ccc(CN2CCN(C3CCNC3)CC2)cc1F. The molecule has 3 rings (SSSR count). The normalized spacial score (nSPS) is 25.2. The highest BCUT2D eigenvalue weighted by Gasteiger charge is 2.25. The number of piperazine rings is 1. The molecule has 110 valence electrons. The molecule has 2 aliphatic heterocycles. The maximum atomic E-state index is 13.6. The van der Waals surface area contributed by atoms with Crippen LogP contribution in [0.1, 0.15) is 17.5 Å². The molecule has 1 aromatic carbocycles. The summed E-state index contributed by atoms with van der Waals surface area (Å²) in [5, 5.41) is 3.44. The molecule has 0 amide bonds. The first-order valence-electron chi connectivity index (χ1n) is 7.64. The molecule has 0 aromatic heterocycles. The molecule has 0 aliphatic carbocycles. The van der Waals surface area contributed by atoms with Gasteiger partial charge in [0.15, 0.2) is 0 Å². The van der Waals surface area contributed by atoms with Crippen molar-refractivity contribution in [2.45, 2.75) is 25.9 Å². The van der Waals surface area contributed by atoms with Crippen molar-refractivity contribution in [3.8, 4) is 0 Å². The first kappa shape index (κ1) is 14.0. The van der Waals surface area contributed by atoms with Gasteiger partial charge >= 0.3 is 0 Å². The van der Waals surface area contributed by atoms with Gasteiger partial charge in [0, 0.05) is 45.3 Å². The van der Waals surface area contributed by atoms with Crippen LogP contribution in [0.25, 0.3) is 0 Å². The lowest BCUT2D eigenvalue weighted by Gasteiger charge is -2.37. The topological polar surface area (TPSA) is 18.5 Å². The second-order valence-electron chi connectivity index (χ2n) is 6.04. The van der Waals surface area contributed by atoms with E-state index in [1.54, 1.807) is 6.07 Å². The molecule has 1 atom stereocenters. The average molecular weight is 277 g/mol. The van der Waals surface area contributed by atoms with E-state index in [9.17, 15) is 4.39 Å². The first-order chi connectivity index (χ1) is 9.72. The van der Waals surface area contributed by atoms with E-state index in [1.807, 2.05) is 19.1 Å². The van der Waals surface area contributed by atoms with E-state index in [4.69, 9.17) is 0 Å². The molecule has 20 heavy (non-hydrogen) atoms. The van der Waals surface area contributed by atoms with Crippen molar-refractivity contribution >= 4 is 0 Å². The Labute approximate surface area is 120 Å². The van der Waals surface area contributed by atoms with Crippen molar-refractivity contribution in [1.29, 1.82) is 0 Å². The number of rotatable bonds is 3. The Bertz CT molecular complexity index is 449. The third-order valence-electron chi connectivity index (χ3n) is 4.60. The highest BCUT2D eigenvalue weighted by molar-refractivity contribution is 5.23. The number of nitrogens with one attached hydrogen (secondary N) is 1. The van der Waals surface area contributed by atoms with Crippen LogP contribution in [-0.2, 0) is 6.54 Å². The Morgan fingerprint density at radius 3 is 2.70 bits per heavy atom. The van der Waals surface area contributed by atoms with E-state index < -0.39 is 0 Å². The Morgan fingerprint density at radius 1 is 1.25 bits per heavy atom. The Hall–Kier alpha value is -0.970. The summed E-state index contributed by atoms with van der Waals surface area (Å²) in [6.07, 6.45) is 1.28. The average Bonchev–Trinajstić information content (AvgIpc) is 2.98. The lowest BCUT2D eigenvalue weighted by molar-refractivity contribution is 0.0981. The Morgan fingerprint density at radius 2 is 2.05 bits per heavy atom. The summed E-state index contributed by atoms with van der Waals surface area (Å²) < 4.78 is 13.6. The molecule has 1 N–H and O–H groups in total. The number of hydrogen-bond acceptors (Lipinski definition) is 3. The summed E-state index contributed by atoms with van der Waals surface area (Å²) in [6, 6.07) is 6.34. The minimum absolute atomic E-state index is 0.0850. The van der Waals surface area contributed by atoms with Crippen LogP contribution in [0.5, 0.6) is 0 Å². The number of benzene rings is 1. The van der Waals surface area contributed by atoms with Gasteiger partial charge in [-0.25, -0.2) is 4.39 Å². The Balaban J connectivity index is 1.51. The standard InChI is InChI=1S/C16H24FN3/c1-13-2-3-14(10-16(13)17)12-19-6-8-20(9-7-19)15-4-5-18-11-15/h2-3,10,15,18H,4-9,11-12H2,1H3. The molecule has 2 saturated heterocycles. The lowest BCUT2D eigenvalue weighted by atomic mass is 10.1. The maximum Gasteiger partial charge on any atom is 0.126 e. The monoisotopic (exact) mass is 277 g/mol. The quantitative estimate of drug-likeness (QED) is 0.905. The van der Waals surface area contributed by atoms with E-state index in [0.717, 1.165) is 63.0 Å². The van der Waals surface area contributed by atoms with Gasteiger partial charge in [0.2, 0.25) is 0 Å². The summed E-state index contributed by atoms with van der Waals surface area (Å²) in [7, 11) is 0. The van der Waals surface area contributed by atoms with Crippen LogP contribution in [0.4, 0.5) is 4.39 Å². The van der Waals surface area contributed by atoms with Crippen molar-refractivity contribution in [1.82, 2.24) is 15.1 Å². The fraction of sp³-hybridized carbons (Fsp3) is 0.625. The second kappa shape index (κ2) is 6.20. The molecule has 3 nitrogen and oxygen atoms in total. The zero-order valence-electron chi connectivity index (χ0n) is 12.2. The fourth-order valence-electron chi connectivity index (χ4n) is 3.23. The second-order valence-corrected chi connectivity index (χ2v) is 6.04. The number of nitrogens with zero attached hydrogens (tertiary/aromatic N) is 2. The van der Waals surface area contributed by atoms with Crippen molar-refractivity contribution in [3.05, 3.63) is 35.1 Å². The first-order valence-corrected chi connectivity index (χ1v) is 7.64. The van der Waals surface area contributed by atoms with Gasteiger partial charge in [0.1, 0.15) is 5.82 Å². The highest BCUT2D eigenvalue weighted by atomic mass is 19.1. The van der Waals surface area contributed by atoms with Crippen LogP contribution in [0.15, 0.2) is 18.2 Å². The molecule has 1 unspecified atom stereocenters. The van der Waals surface area contributed by atoms with Gasteiger partial charge < -0.3 is 5.32 Å². The van der Waals surface area contributed by atoms with E-state index >= 15 is 0 Å². The number of halogens is 1. The predicted octanol–water partition coefficient (Wildman–Crippen LogP) is 1.61. The molecule has 2 aliphatic rings. The highest BCUT2D eigenvalue weighted by Crippen LogP contribution is 2.15. The molecule has 0 spiro atoms. The van der Waals surface area contributed by atoms with Crippen molar-refractivity contribution in [3.63, 3.8) is 0 Å². The maximum absolute atomic E-state index is 13.6. The molecule has 2 heterocycles. The van der Waals surface area contributed by atoms with E-state index in [0.29, 0.717) is 0 Å². The van der Waals surface area contributed by atoms with Gasteiger partial charge in [-0.05, 0) is 37.1 Å². The predicted molar refractivity (Wildman–Crippen MR) is 79.3 cm³/mol. The van der Waals surface area contributed by atoms with Gasteiger partial charge in [0.05, 0.1) is 0 Å². The smallest absolute Gasteiger partial charge is 0.126 e. The molecule has 4 heteroatoms. The van der Waals surface area contributed by atoms with Crippen molar-refractivity contribution in [2.75, 3.05) is 39.3 Å². The third kappa shape index (κ3) is 3.19. The van der Waals surface area contributed by atoms with Crippen LogP contribution in [0.2, 0.25) is 0 Å². The molecule has 0 radical (unpaired) electrons. The lowest BCUT2D eigenvalue weighted by Crippen LogP contribution is -2.50. The molecule has 1 aromatic rings. The van der Waals surface area contributed by atoms with Gasteiger partial charge in [-0.3, -0.25) is 9.80 Å². The summed E-state index contributed by atoms with van der Waals surface area (Å²) >= 11 is 0. The van der Waals surface area contributed by atoms with Crippen LogP contribution < -0.4 is 5.32 Å². The van der Waals surface area contributed by atoms with Crippen LogP contribution >= 0.6 is 0 Å². The van der Waals surface area contributed by atoms with Gasteiger partial charge in [-0.1, -0.05) is 12.1 Å². The fourth-order valence-corrected chi connectivity index (χ4v) is 3.23. The van der Waals surface area contributed by atoms with Crippen LogP contribution in [-0.4, -0.2) is 55.1 Å². The van der Waals surface area contributed by atoms with Gasteiger partial charge in [-0.15, -0.1) is 0 Å². The molecule has 2 fully saturated rings. The number of aryl methyl sites for hydroxylation is 1. The summed E-state index contributed by atoms with van der Waals surface area (Å²) in [4.78, 5) is 5.04. The molecule has 0 saturated carbocycles. The van der Waals surface area contributed by atoms with Crippen LogP contribution in [0, 0.1) is 12.7 Å². The molecular formula is C16H24FN3. The van der Waals surface area contributed by atoms with E-state index in [2.05, 4.69) is 15.1 Å². The minimum Gasteiger partial charge on any atom is -0.315 e. The van der Waals surface area contributed by atoms with Gasteiger partial charge in [0.25, 0.3) is 0 Å². The molecule has 0 bridgehead atoms. The van der Waals surface area contributed by atoms with Crippen molar-refractivity contribution in [2.24, 2.45) is 0 Å². The summed E-state index contributed by atoms with van der Waals surface area (Å²) in [5.74, 6) is -0.0850. The van der Waals surface area contributed by atoms with E-state index in [1.165, 1.54) is 6.42 Å². The Kier molecular flexibility index (Phi) is 4.34. The van der Waals surface area contributed by atoms with Gasteiger partial charge in [-0.2, -0.15) is 0 Å². The minimum atomic E-state index is -0.0850. The summed E-state index contributed by atoms with van der Waals surface area (Å²) in [5.41, 5.74) is 1.82. The van der Waals surface area contributed by atoms with Crippen molar-refractivity contribution < 1.29 is 4.39 Å². The molecular weight excluding hydrogens is 253 g/mol. The van der Waals surface area contributed by atoms with Crippen LogP contribution in [0.3, 0.4) is 0 Å². The van der Waals surface area contributed by atoms with E-state index in [-0.39, 0.29) is 5.82 Å². The third-order valence-corrected chi connectivity index (χ3v) is 4.60. The zero-order valence-corrected chi connectivity index (χ0v) is 12.2. The largest absolute Gasteiger partial charge is 0.315 e.